The van der Waals surface area contributed by atoms with Crippen LogP contribution in [0.5, 0.6) is 0 Å². The number of rotatable bonds is 10. The minimum absolute atomic E-state index is 0.384. The summed E-state index contributed by atoms with van der Waals surface area (Å²) in [5.41, 5.74) is 1.80. The fourth-order valence-corrected chi connectivity index (χ4v) is 2.25. The van der Waals surface area contributed by atoms with Crippen molar-refractivity contribution in [3.05, 3.63) is 12.2 Å². The van der Waals surface area contributed by atoms with Crippen LogP contribution in [0.4, 0.5) is 0 Å². The fourth-order valence-electron chi connectivity index (χ4n) is 2.25. The summed E-state index contributed by atoms with van der Waals surface area (Å²) in [5, 5.41) is 0. The zero-order valence-corrected chi connectivity index (χ0v) is 13.5. The van der Waals surface area contributed by atoms with Crippen LogP contribution in [-0.2, 0) is 0 Å². The normalized spacial score (nSPS) is 12.1. The van der Waals surface area contributed by atoms with Crippen LogP contribution in [0.25, 0.3) is 0 Å². The molecule has 0 N–H and O–H groups in total. The van der Waals surface area contributed by atoms with E-state index in [1.54, 1.807) is 0 Å². The Hall–Kier alpha value is -0.300. The zero-order valence-electron chi connectivity index (χ0n) is 13.5. The van der Waals surface area contributed by atoms with Gasteiger partial charge in [-0.15, -0.1) is 0 Å². The molecule has 0 aromatic rings. The van der Waals surface area contributed by atoms with Crippen molar-refractivity contribution in [3.63, 3.8) is 0 Å². The van der Waals surface area contributed by atoms with Crippen molar-refractivity contribution in [3.8, 4) is 0 Å². The summed E-state index contributed by atoms with van der Waals surface area (Å²) in [7, 11) is 0. The average Bonchev–Trinajstić information content (AvgIpc) is 2.25. The maximum absolute atomic E-state index is 4.25. The molecule has 0 spiro atoms. The van der Waals surface area contributed by atoms with Crippen molar-refractivity contribution in [2.24, 2.45) is 5.41 Å². The third kappa shape index (κ3) is 10.8. The van der Waals surface area contributed by atoms with Crippen LogP contribution >= 0.6 is 0 Å². The quantitative estimate of drug-likeness (QED) is 0.479. The standard InChI is InChI=1S/C17H35N/c1-7-9-12-18(13-10-8-2)14-11-16(3)15-17(4,5)6/h3,7-15H2,1-2,4-6H3. The molecule has 18 heavy (non-hydrogen) atoms. The maximum Gasteiger partial charge on any atom is 0.00185 e. The Morgan fingerprint density at radius 3 is 1.83 bits per heavy atom. The largest absolute Gasteiger partial charge is 0.303 e. The highest BCUT2D eigenvalue weighted by Crippen LogP contribution is 2.24. The zero-order chi connectivity index (χ0) is 14.0. The summed E-state index contributed by atoms with van der Waals surface area (Å²) in [5.74, 6) is 0. The number of hydrogen-bond acceptors (Lipinski definition) is 1. The van der Waals surface area contributed by atoms with Crippen LogP contribution in [0, 0.1) is 5.41 Å². The van der Waals surface area contributed by atoms with E-state index < -0.39 is 0 Å². The molecule has 0 aliphatic rings. The van der Waals surface area contributed by atoms with Crippen molar-refractivity contribution in [2.45, 2.75) is 73.1 Å². The van der Waals surface area contributed by atoms with Crippen LogP contribution < -0.4 is 0 Å². The molecule has 1 heteroatoms. The lowest BCUT2D eigenvalue weighted by atomic mass is 9.87. The molecule has 0 atom stereocenters. The number of hydrogen-bond donors (Lipinski definition) is 0. The highest BCUT2D eigenvalue weighted by atomic mass is 15.1. The van der Waals surface area contributed by atoms with Gasteiger partial charge in [0.05, 0.1) is 0 Å². The summed E-state index contributed by atoms with van der Waals surface area (Å²) in [6.45, 7) is 19.4. The Balaban J connectivity index is 3.96. The molecule has 0 saturated heterocycles. The van der Waals surface area contributed by atoms with E-state index in [1.807, 2.05) is 0 Å². The minimum Gasteiger partial charge on any atom is -0.303 e. The van der Waals surface area contributed by atoms with Crippen molar-refractivity contribution in [2.75, 3.05) is 19.6 Å². The van der Waals surface area contributed by atoms with E-state index in [1.165, 1.54) is 57.3 Å². The van der Waals surface area contributed by atoms with Gasteiger partial charge in [-0.1, -0.05) is 59.6 Å². The van der Waals surface area contributed by atoms with Crippen LogP contribution in [0.15, 0.2) is 12.2 Å². The Bertz CT molecular complexity index is 204. The van der Waals surface area contributed by atoms with Crippen molar-refractivity contribution >= 4 is 0 Å². The smallest absolute Gasteiger partial charge is 0.00185 e. The molecule has 0 rings (SSSR count). The Kier molecular flexibility index (Phi) is 9.45. The van der Waals surface area contributed by atoms with Crippen molar-refractivity contribution < 1.29 is 0 Å². The Labute approximate surface area is 116 Å². The Morgan fingerprint density at radius 1 is 0.944 bits per heavy atom. The first kappa shape index (κ1) is 17.7. The third-order valence-electron chi connectivity index (χ3n) is 3.22. The van der Waals surface area contributed by atoms with Crippen molar-refractivity contribution in [1.82, 2.24) is 4.90 Å². The van der Waals surface area contributed by atoms with Gasteiger partial charge >= 0.3 is 0 Å². The van der Waals surface area contributed by atoms with E-state index in [9.17, 15) is 0 Å². The lowest BCUT2D eigenvalue weighted by Gasteiger charge is -2.24. The average molecular weight is 253 g/mol. The van der Waals surface area contributed by atoms with Crippen LogP contribution in [0.3, 0.4) is 0 Å². The second-order valence-electron chi connectivity index (χ2n) is 6.79. The molecule has 0 aromatic carbocycles. The van der Waals surface area contributed by atoms with E-state index in [0.29, 0.717) is 5.41 Å². The second kappa shape index (κ2) is 9.61. The first-order valence-electron chi connectivity index (χ1n) is 7.78. The molecule has 0 aliphatic carbocycles. The van der Waals surface area contributed by atoms with Gasteiger partial charge in [0.1, 0.15) is 0 Å². The SMILES string of the molecule is C=C(CCN(CCCC)CCCC)CC(C)(C)C. The molecule has 0 aromatic heterocycles. The van der Waals surface area contributed by atoms with E-state index in [0.717, 1.165) is 6.42 Å². The monoisotopic (exact) mass is 253 g/mol. The van der Waals surface area contributed by atoms with Crippen LogP contribution in [0.1, 0.15) is 73.1 Å². The van der Waals surface area contributed by atoms with Gasteiger partial charge in [-0.25, -0.2) is 0 Å². The van der Waals surface area contributed by atoms with Gasteiger partial charge in [0.15, 0.2) is 0 Å². The molecule has 0 bridgehead atoms. The fraction of sp³-hybridized carbons (Fsp3) is 0.882. The van der Waals surface area contributed by atoms with Crippen LogP contribution in [-0.4, -0.2) is 24.5 Å². The van der Waals surface area contributed by atoms with E-state index in [2.05, 4.69) is 46.1 Å². The molecule has 0 saturated carbocycles. The Morgan fingerprint density at radius 2 is 1.44 bits per heavy atom. The number of unbranched alkanes of at least 4 members (excludes halogenated alkanes) is 2. The molecular formula is C17H35N. The minimum atomic E-state index is 0.384. The van der Waals surface area contributed by atoms with Gasteiger partial charge in [0, 0.05) is 6.54 Å². The van der Waals surface area contributed by atoms with Gasteiger partial charge in [0.2, 0.25) is 0 Å². The summed E-state index contributed by atoms with van der Waals surface area (Å²) < 4.78 is 0. The summed E-state index contributed by atoms with van der Waals surface area (Å²) in [6.07, 6.45) is 7.58. The molecule has 0 aliphatic heterocycles. The first-order valence-corrected chi connectivity index (χ1v) is 7.78. The lowest BCUT2D eigenvalue weighted by Crippen LogP contribution is -2.27. The van der Waals surface area contributed by atoms with E-state index in [-0.39, 0.29) is 0 Å². The van der Waals surface area contributed by atoms with Gasteiger partial charge < -0.3 is 4.90 Å². The molecule has 108 valence electrons. The molecule has 0 radical (unpaired) electrons. The maximum atomic E-state index is 4.25. The lowest BCUT2D eigenvalue weighted by molar-refractivity contribution is 0.265. The number of nitrogens with zero attached hydrogens (tertiary/aromatic N) is 1. The second-order valence-corrected chi connectivity index (χ2v) is 6.79. The van der Waals surface area contributed by atoms with Gasteiger partial charge in [-0.2, -0.15) is 0 Å². The molecule has 0 fully saturated rings. The summed E-state index contributed by atoms with van der Waals surface area (Å²) in [6, 6.07) is 0. The molecule has 0 amide bonds. The highest BCUT2D eigenvalue weighted by Gasteiger charge is 2.12. The van der Waals surface area contributed by atoms with Gasteiger partial charge in [-0.3, -0.25) is 0 Å². The predicted octanol–water partition coefficient (Wildman–Crippen LogP) is 5.27. The van der Waals surface area contributed by atoms with Crippen molar-refractivity contribution in [1.29, 1.82) is 0 Å². The van der Waals surface area contributed by atoms with Crippen LogP contribution in [0.2, 0.25) is 0 Å². The summed E-state index contributed by atoms with van der Waals surface area (Å²) in [4.78, 5) is 2.63. The van der Waals surface area contributed by atoms with E-state index in [4.69, 9.17) is 0 Å². The third-order valence-corrected chi connectivity index (χ3v) is 3.22. The molecule has 0 heterocycles. The summed E-state index contributed by atoms with van der Waals surface area (Å²) >= 11 is 0. The first-order chi connectivity index (χ1) is 8.39. The molecule has 0 unspecified atom stereocenters. The molecule has 1 nitrogen and oxygen atoms in total. The predicted molar refractivity (Wildman–Crippen MR) is 84.1 cm³/mol. The van der Waals surface area contributed by atoms with Gasteiger partial charge in [-0.05, 0) is 44.2 Å². The van der Waals surface area contributed by atoms with E-state index >= 15 is 0 Å². The highest BCUT2D eigenvalue weighted by molar-refractivity contribution is 4.98. The topological polar surface area (TPSA) is 3.24 Å². The van der Waals surface area contributed by atoms with Gasteiger partial charge in [0.25, 0.3) is 0 Å². The molecular weight excluding hydrogens is 218 g/mol.